The number of nitrogens with one attached hydrogen (secondary N) is 1. The van der Waals surface area contributed by atoms with Gasteiger partial charge in [-0.15, -0.1) is 11.3 Å². The normalized spacial score (nSPS) is 12.4. The number of hydrogen-bond donors (Lipinski definition) is 2. The minimum atomic E-state index is -0.400. The van der Waals surface area contributed by atoms with E-state index >= 15 is 0 Å². The molecule has 1 aromatic carbocycles. The van der Waals surface area contributed by atoms with E-state index in [2.05, 4.69) is 5.43 Å². The van der Waals surface area contributed by atoms with Crippen LogP contribution in [0, 0.1) is 5.82 Å². The van der Waals surface area contributed by atoms with Crippen LogP contribution in [0.1, 0.15) is 16.5 Å². The highest BCUT2D eigenvalue weighted by Crippen LogP contribution is 2.36. The Morgan fingerprint density at radius 3 is 2.89 bits per heavy atom. The van der Waals surface area contributed by atoms with E-state index in [1.54, 1.807) is 7.11 Å². The van der Waals surface area contributed by atoms with Crippen molar-refractivity contribution in [1.82, 2.24) is 5.43 Å². The average Bonchev–Trinajstić information content (AvgIpc) is 2.83. The summed E-state index contributed by atoms with van der Waals surface area (Å²) in [4.78, 5) is 0.854. The van der Waals surface area contributed by atoms with Crippen LogP contribution in [0.4, 0.5) is 4.39 Å². The Morgan fingerprint density at radius 2 is 2.22 bits per heavy atom. The van der Waals surface area contributed by atoms with Gasteiger partial charge in [-0.1, -0.05) is 11.6 Å². The highest BCUT2D eigenvalue weighted by atomic mass is 35.5. The molecule has 2 aromatic rings. The molecule has 0 bridgehead atoms. The molecule has 1 atom stereocenters. The third-order valence-corrected chi connectivity index (χ3v) is 3.88. The molecule has 0 amide bonds. The van der Waals surface area contributed by atoms with Gasteiger partial charge >= 0.3 is 0 Å². The largest absolute Gasteiger partial charge is 0.496 e. The van der Waals surface area contributed by atoms with Crippen LogP contribution >= 0.6 is 22.9 Å². The SMILES string of the molecule is COc1ccsc1C(NN)c1cc(F)ccc1Cl. The molecule has 18 heavy (non-hydrogen) atoms. The van der Waals surface area contributed by atoms with E-state index in [0.29, 0.717) is 16.3 Å². The zero-order chi connectivity index (χ0) is 13.1. The summed E-state index contributed by atoms with van der Waals surface area (Å²) in [7, 11) is 1.58. The van der Waals surface area contributed by atoms with Gasteiger partial charge in [-0.3, -0.25) is 5.84 Å². The molecule has 2 rings (SSSR count). The summed E-state index contributed by atoms with van der Waals surface area (Å²) in [6.45, 7) is 0. The summed E-state index contributed by atoms with van der Waals surface area (Å²) in [5.74, 6) is 5.90. The number of halogens is 2. The number of ether oxygens (including phenoxy) is 1. The molecule has 3 nitrogen and oxygen atoms in total. The standard InChI is InChI=1S/C12H12ClFN2OS/c1-17-10-4-5-18-12(10)11(16-15)8-6-7(14)2-3-9(8)13/h2-6,11,16H,15H2,1H3. The van der Waals surface area contributed by atoms with Gasteiger partial charge in [0.15, 0.2) is 0 Å². The zero-order valence-corrected chi connectivity index (χ0v) is 11.2. The van der Waals surface area contributed by atoms with Crippen LogP contribution in [0.5, 0.6) is 5.75 Å². The Kier molecular flexibility index (Phi) is 4.19. The zero-order valence-electron chi connectivity index (χ0n) is 9.61. The lowest BCUT2D eigenvalue weighted by Gasteiger charge is -2.17. The number of hydrogen-bond acceptors (Lipinski definition) is 4. The van der Waals surface area contributed by atoms with Crippen molar-refractivity contribution in [3.8, 4) is 5.75 Å². The van der Waals surface area contributed by atoms with Crippen molar-refractivity contribution in [2.24, 2.45) is 5.84 Å². The fourth-order valence-corrected chi connectivity index (χ4v) is 2.89. The van der Waals surface area contributed by atoms with Crippen molar-refractivity contribution in [3.05, 3.63) is 50.9 Å². The topological polar surface area (TPSA) is 47.3 Å². The maximum Gasteiger partial charge on any atom is 0.134 e. The first-order valence-corrected chi connectivity index (χ1v) is 6.45. The molecular formula is C12H12ClFN2OS. The highest BCUT2D eigenvalue weighted by Gasteiger charge is 2.21. The van der Waals surface area contributed by atoms with Gasteiger partial charge in [-0.05, 0) is 35.2 Å². The Balaban J connectivity index is 2.48. The molecule has 0 aliphatic rings. The van der Waals surface area contributed by atoms with Crippen LogP contribution in [-0.2, 0) is 0 Å². The number of benzene rings is 1. The van der Waals surface area contributed by atoms with E-state index in [4.69, 9.17) is 22.2 Å². The number of hydrazine groups is 1. The molecule has 0 radical (unpaired) electrons. The maximum absolute atomic E-state index is 13.3. The van der Waals surface area contributed by atoms with Gasteiger partial charge in [0.25, 0.3) is 0 Å². The monoisotopic (exact) mass is 286 g/mol. The van der Waals surface area contributed by atoms with Crippen molar-refractivity contribution >= 4 is 22.9 Å². The lowest BCUT2D eigenvalue weighted by molar-refractivity contribution is 0.407. The first-order chi connectivity index (χ1) is 8.67. The molecule has 0 saturated heterocycles. The second kappa shape index (κ2) is 5.67. The van der Waals surface area contributed by atoms with Crippen molar-refractivity contribution in [3.63, 3.8) is 0 Å². The molecule has 0 aliphatic heterocycles. The molecule has 0 aliphatic carbocycles. The molecule has 1 aromatic heterocycles. The van der Waals surface area contributed by atoms with Crippen LogP contribution in [0.15, 0.2) is 29.6 Å². The summed E-state index contributed by atoms with van der Waals surface area (Å²) in [5.41, 5.74) is 3.23. The lowest BCUT2D eigenvalue weighted by atomic mass is 10.1. The van der Waals surface area contributed by atoms with Crippen molar-refractivity contribution in [2.45, 2.75) is 6.04 Å². The summed E-state index contributed by atoms with van der Waals surface area (Å²) < 4.78 is 18.6. The molecule has 3 N–H and O–H groups in total. The minimum Gasteiger partial charge on any atom is -0.496 e. The Labute approximate surface area is 113 Å². The van der Waals surface area contributed by atoms with Crippen LogP contribution in [0.2, 0.25) is 5.02 Å². The van der Waals surface area contributed by atoms with E-state index in [-0.39, 0.29) is 5.82 Å². The predicted octanol–water partition coefficient (Wildman–Crippen LogP) is 3.10. The summed E-state index contributed by atoms with van der Waals surface area (Å²) in [6.07, 6.45) is 0. The highest BCUT2D eigenvalue weighted by molar-refractivity contribution is 7.10. The summed E-state index contributed by atoms with van der Waals surface area (Å²) in [6, 6.07) is 5.62. The summed E-state index contributed by atoms with van der Waals surface area (Å²) >= 11 is 7.55. The third-order valence-electron chi connectivity index (χ3n) is 2.58. The first kappa shape index (κ1) is 13.3. The second-order valence-electron chi connectivity index (χ2n) is 3.62. The van der Waals surface area contributed by atoms with Crippen LogP contribution in [-0.4, -0.2) is 7.11 Å². The van der Waals surface area contributed by atoms with E-state index in [9.17, 15) is 4.39 Å². The Hall–Kier alpha value is -1.14. The lowest BCUT2D eigenvalue weighted by Crippen LogP contribution is -2.28. The van der Waals surface area contributed by atoms with Crippen LogP contribution < -0.4 is 16.0 Å². The smallest absolute Gasteiger partial charge is 0.134 e. The second-order valence-corrected chi connectivity index (χ2v) is 4.97. The van der Waals surface area contributed by atoms with Gasteiger partial charge in [0.1, 0.15) is 11.6 Å². The first-order valence-electron chi connectivity index (χ1n) is 5.19. The molecule has 96 valence electrons. The van der Waals surface area contributed by atoms with Crippen molar-refractivity contribution in [1.29, 1.82) is 0 Å². The number of rotatable bonds is 4. The predicted molar refractivity (Wildman–Crippen MR) is 71.4 cm³/mol. The maximum atomic E-state index is 13.3. The quantitative estimate of drug-likeness (QED) is 0.671. The molecule has 6 heteroatoms. The van der Waals surface area contributed by atoms with E-state index in [1.807, 2.05) is 11.4 Å². The molecule has 1 heterocycles. The van der Waals surface area contributed by atoms with Crippen LogP contribution in [0.3, 0.4) is 0 Å². The number of methoxy groups -OCH3 is 1. The van der Waals surface area contributed by atoms with Crippen molar-refractivity contribution < 1.29 is 9.13 Å². The average molecular weight is 287 g/mol. The third kappa shape index (κ3) is 2.49. The number of nitrogens with two attached hydrogens (primary N) is 1. The van der Waals surface area contributed by atoms with Gasteiger partial charge in [-0.25, -0.2) is 9.82 Å². The van der Waals surface area contributed by atoms with Crippen molar-refractivity contribution in [2.75, 3.05) is 7.11 Å². The Morgan fingerprint density at radius 1 is 1.44 bits per heavy atom. The van der Waals surface area contributed by atoms with Gasteiger partial charge in [0.2, 0.25) is 0 Å². The molecule has 1 unspecified atom stereocenters. The molecule has 0 spiro atoms. The molecular weight excluding hydrogens is 275 g/mol. The van der Waals surface area contributed by atoms with Crippen LogP contribution in [0.25, 0.3) is 0 Å². The van der Waals surface area contributed by atoms with Gasteiger partial charge < -0.3 is 4.74 Å². The van der Waals surface area contributed by atoms with Gasteiger partial charge in [0.05, 0.1) is 18.0 Å². The minimum absolute atomic E-state index is 0.356. The summed E-state index contributed by atoms with van der Waals surface area (Å²) in [5, 5.41) is 2.33. The fraction of sp³-hybridized carbons (Fsp3) is 0.167. The van der Waals surface area contributed by atoms with E-state index < -0.39 is 6.04 Å². The van der Waals surface area contributed by atoms with Gasteiger partial charge in [-0.2, -0.15) is 0 Å². The molecule has 0 fully saturated rings. The van der Waals surface area contributed by atoms with E-state index in [1.165, 1.54) is 29.5 Å². The Bertz CT molecular complexity index is 547. The van der Waals surface area contributed by atoms with E-state index in [0.717, 1.165) is 4.88 Å². The molecule has 0 saturated carbocycles. The fourth-order valence-electron chi connectivity index (χ4n) is 1.73. The van der Waals surface area contributed by atoms with Gasteiger partial charge in [0, 0.05) is 5.02 Å². The number of thiophene rings is 1.